The van der Waals surface area contributed by atoms with Gasteiger partial charge in [-0.05, 0) is 54.4 Å². The Morgan fingerprint density at radius 2 is 2.38 bits per heavy atom. The number of piperidine rings is 1. The molecule has 2 aromatic rings. The molecule has 128 valence electrons. The first-order valence-electron chi connectivity index (χ1n) is 8.05. The van der Waals surface area contributed by atoms with Gasteiger partial charge in [0.25, 0.3) is 0 Å². The van der Waals surface area contributed by atoms with Crippen molar-refractivity contribution < 1.29 is 9.53 Å². The van der Waals surface area contributed by atoms with Crippen LogP contribution in [0.3, 0.4) is 0 Å². The Labute approximate surface area is 146 Å². The molecule has 1 saturated heterocycles. The summed E-state index contributed by atoms with van der Waals surface area (Å²) in [5.74, 6) is 0.674. The van der Waals surface area contributed by atoms with Gasteiger partial charge in [-0.25, -0.2) is 4.79 Å². The first-order chi connectivity index (χ1) is 11.7. The van der Waals surface area contributed by atoms with E-state index in [-0.39, 0.29) is 18.1 Å². The third-order valence-corrected chi connectivity index (χ3v) is 5.25. The number of nitrogens with zero attached hydrogens (tertiary/aromatic N) is 4. The Hall–Kier alpha value is -1.99. The SMILES string of the molecule is COC(=O)[C@H](c1ccsc1)N(C)[C@@H]1CCCN(c2cccnn2)C1. The van der Waals surface area contributed by atoms with Crippen LogP contribution in [0.25, 0.3) is 0 Å². The summed E-state index contributed by atoms with van der Waals surface area (Å²) in [5.41, 5.74) is 0.992. The maximum absolute atomic E-state index is 12.4. The smallest absolute Gasteiger partial charge is 0.327 e. The molecule has 0 bridgehead atoms. The molecule has 3 heterocycles. The van der Waals surface area contributed by atoms with Gasteiger partial charge >= 0.3 is 5.97 Å². The number of ether oxygens (including phenoxy) is 1. The molecule has 0 radical (unpaired) electrons. The second-order valence-corrected chi connectivity index (χ2v) is 6.75. The molecule has 0 aliphatic carbocycles. The number of thiophene rings is 1. The van der Waals surface area contributed by atoms with Crippen LogP contribution < -0.4 is 4.90 Å². The average Bonchev–Trinajstić information content (AvgIpc) is 3.16. The van der Waals surface area contributed by atoms with Gasteiger partial charge in [-0.3, -0.25) is 4.90 Å². The molecule has 1 aliphatic rings. The zero-order valence-electron chi connectivity index (χ0n) is 14.0. The van der Waals surface area contributed by atoms with Crippen LogP contribution >= 0.6 is 11.3 Å². The predicted molar refractivity (Wildman–Crippen MR) is 94.1 cm³/mol. The van der Waals surface area contributed by atoms with Crippen molar-refractivity contribution in [3.63, 3.8) is 0 Å². The van der Waals surface area contributed by atoms with E-state index >= 15 is 0 Å². The highest BCUT2D eigenvalue weighted by atomic mass is 32.1. The largest absolute Gasteiger partial charge is 0.468 e. The highest BCUT2D eigenvalue weighted by molar-refractivity contribution is 7.08. The lowest BCUT2D eigenvalue weighted by atomic mass is 10.0. The van der Waals surface area contributed by atoms with Crippen molar-refractivity contribution in [3.05, 3.63) is 40.7 Å². The van der Waals surface area contributed by atoms with E-state index in [1.54, 1.807) is 17.5 Å². The number of rotatable bonds is 5. The fraction of sp³-hybridized carbons (Fsp3) is 0.471. The van der Waals surface area contributed by atoms with Crippen LogP contribution in [0.4, 0.5) is 5.82 Å². The zero-order chi connectivity index (χ0) is 16.9. The molecule has 7 heteroatoms. The lowest BCUT2D eigenvalue weighted by Crippen LogP contribution is -2.49. The number of carbonyl (C=O) groups excluding carboxylic acids is 1. The molecule has 0 spiro atoms. The van der Waals surface area contributed by atoms with Gasteiger partial charge in [0.2, 0.25) is 0 Å². The monoisotopic (exact) mass is 346 g/mol. The molecule has 6 nitrogen and oxygen atoms in total. The number of esters is 1. The zero-order valence-corrected chi connectivity index (χ0v) is 14.8. The van der Waals surface area contributed by atoms with Crippen molar-refractivity contribution in [1.29, 1.82) is 0 Å². The maximum Gasteiger partial charge on any atom is 0.327 e. The third kappa shape index (κ3) is 3.57. The Bertz CT molecular complexity index is 650. The standard InChI is InChI=1S/C17H22N4O2S/c1-20(16(17(22)23-2)13-7-10-24-12-13)14-5-4-9-21(11-14)15-6-3-8-18-19-15/h3,6-8,10,12,14,16H,4-5,9,11H2,1-2H3/t14-,16+/m1/s1. The van der Waals surface area contributed by atoms with Gasteiger partial charge < -0.3 is 9.64 Å². The van der Waals surface area contributed by atoms with Gasteiger partial charge in [0, 0.05) is 25.3 Å². The lowest BCUT2D eigenvalue weighted by Gasteiger charge is -2.40. The molecule has 2 aromatic heterocycles. The van der Waals surface area contributed by atoms with Crippen molar-refractivity contribution in [2.45, 2.75) is 24.9 Å². The van der Waals surface area contributed by atoms with Gasteiger partial charge in [0.05, 0.1) is 7.11 Å². The number of hydrogen-bond acceptors (Lipinski definition) is 7. The van der Waals surface area contributed by atoms with Crippen LogP contribution in [-0.2, 0) is 9.53 Å². The van der Waals surface area contributed by atoms with Crippen molar-refractivity contribution in [2.24, 2.45) is 0 Å². The summed E-state index contributed by atoms with van der Waals surface area (Å²) < 4.78 is 5.05. The minimum absolute atomic E-state index is 0.215. The third-order valence-electron chi connectivity index (χ3n) is 4.55. The molecule has 3 rings (SSSR count). The molecule has 24 heavy (non-hydrogen) atoms. The number of anilines is 1. The Morgan fingerprint density at radius 3 is 3.04 bits per heavy atom. The molecular weight excluding hydrogens is 324 g/mol. The van der Waals surface area contributed by atoms with E-state index in [1.165, 1.54) is 7.11 Å². The van der Waals surface area contributed by atoms with E-state index in [0.717, 1.165) is 37.3 Å². The Balaban J connectivity index is 1.77. The van der Waals surface area contributed by atoms with Crippen molar-refractivity contribution in [2.75, 3.05) is 32.1 Å². The fourth-order valence-electron chi connectivity index (χ4n) is 3.25. The first kappa shape index (κ1) is 16.9. The highest BCUT2D eigenvalue weighted by Crippen LogP contribution is 2.29. The van der Waals surface area contributed by atoms with E-state index in [4.69, 9.17) is 4.74 Å². The summed E-state index contributed by atoms with van der Waals surface area (Å²) in [6.07, 6.45) is 3.79. The lowest BCUT2D eigenvalue weighted by molar-refractivity contribution is -0.147. The Morgan fingerprint density at radius 1 is 1.50 bits per heavy atom. The summed E-state index contributed by atoms with van der Waals surface area (Å²) in [7, 11) is 3.45. The Kier molecular flexibility index (Phi) is 5.42. The number of aromatic nitrogens is 2. The van der Waals surface area contributed by atoms with Crippen LogP contribution in [0, 0.1) is 0 Å². The van der Waals surface area contributed by atoms with Crippen LogP contribution in [0.15, 0.2) is 35.2 Å². The molecule has 0 N–H and O–H groups in total. The van der Waals surface area contributed by atoms with E-state index in [2.05, 4.69) is 20.0 Å². The summed E-state index contributed by atoms with van der Waals surface area (Å²) in [6.45, 7) is 1.79. The van der Waals surface area contributed by atoms with Gasteiger partial charge in [-0.1, -0.05) is 0 Å². The summed E-state index contributed by atoms with van der Waals surface area (Å²) in [4.78, 5) is 16.7. The molecule has 0 saturated carbocycles. The number of carbonyl (C=O) groups is 1. The van der Waals surface area contributed by atoms with Gasteiger partial charge in [-0.2, -0.15) is 16.4 Å². The van der Waals surface area contributed by atoms with Crippen molar-refractivity contribution >= 4 is 23.1 Å². The number of likely N-dealkylation sites (N-methyl/N-ethyl adjacent to an activating group) is 1. The summed E-state index contributed by atoms with van der Waals surface area (Å²) in [6, 6.07) is 5.76. The highest BCUT2D eigenvalue weighted by Gasteiger charge is 2.33. The summed E-state index contributed by atoms with van der Waals surface area (Å²) in [5, 5.41) is 12.2. The quantitative estimate of drug-likeness (QED) is 0.775. The van der Waals surface area contributed by atoms with Gasteiger partial charge in [-0.15, -0.1) is 5.10 Å². The maximum atomic E-state index is 12.4. The average molecular weight is 346 g/mol. The van der Waals surface area contributed by atoms with Crippen LogP contribution in [-0.4, -0.2) is 54.4 Å². The molecule has 0 amide bonds. The van der Waals surface area contributed by atoms with E-state index in [0.29, 0.717) is 0 Å². The normalized spacial score (nSPS) is 19.3. The van der Waals surface area contributed by atoms with E-state index < -0.39 is 0 Å². The van der Waals surface area contributed by atoms with E-state index in [1.807, 2.05) is 36.0 Å². The molecule has 1 fully saturated rings. The molecule has 2 atom stereocenters. The molecule has 0 aromatic carbocycles. The minimum atomic E-state index is -0.368. The first-order valence-corrected chi connectivity index (χ1v) is 8.99. The second kappa shape index (κ2) is 7.72. The van der Waals surface area contributed by atoms with Crippen molar-refractivity contribution in [3.8, 4) is 0 Å². The fourth-order valence-corrected chi connectivity index (χ4v) is 3.93. The summed E-state index contributed by atoms with van der Waals surface area (Å²) >= 11 is 1.59. The minimum Gasteiger partial charge on any atom is -0.468 e. The molecule has 1 aliphatic heterocycles. The second-order valence-electron chi connectivity index (χ2n) is 5.97. The van der Waals surface area contributed by atoms with Gasteiger partial charge in [0.15, 0.2) is 5.82 Å². The number of hydrogen-bond donors (Lipinski definition) is 0. The van der Waals surface area contributed by atoms with Gasteiger partial charge in [0.1, 0.15) is 6.04 Å². The van der Waals surface area contributed by atoms with Crippen molar-refractivity contribution in [1.82, 2.24) is 15.1 Å². The predicted octanol–water partition coefficient (Wildman–Crippen LogP) is 2.35. The molecule has 0 unspecified atom stereocenters. The van der Waals surface area contributed by atoms with E-state index in [9.17, 15) is 4.79 Å². The van der Waals surface area contributed by atoms with Crippen LogP contribution in [0.1, 0.15) is 24.4 Å². The molecular formula is C17H22N4O2S. The van der Waals surface area contributed by atoms with Crippen LogP contribution in [0.5, 0.6) is 0 Å². The van der Waals surface area contributed by atoms with Crippen LogP contribution in [0.2, 0.25) is 0 Å². The number of methoxy groups -OCH3 is 1. The topological polar surface area (TPSA) is 58.6 Å².